The Morgan fingerprint density at radius 2 is 1.22 bits per heavy atom. The predicted octanol–water partition coefficient (Wildman–Crippen LogP) is 3.60. The van der Waals surface area contributed by atoms with Gasteiger partial charge in [0.15, 0.2) is 0 Å². The van der Waals surface area contributed by atoms with Crippen molar-refractivity contribution in [3.05, 3.63) is 73.1 Å². The van der Waals surface area contributed by atoms with Crippen molar-refractivity contribution >= 4 is 0 Å². The van der Waals surface area contributed by atoms with Crippen LogP contribution in [0, 0.1) is 0 Å². The first kappa shape index (κ1) is 12.2. The second kappa shape index (κ2) is 5.92. The van der Waals surface area contributed by atoms with Crippen molar-refractivity contribution in [1.29, 1.82) is 0 Å². The molecule has 0 radical (unpaired) electrons. The molecule has 0 N–H and O–H groups in total. The summed E-state index contributed by atoms with van der Waals surface area (Å²) in [6, 6.07) is 8.11. The predicted molar refractivity (Wildman–Crippen MR) is 75.3 cm³/mol. The molecule has 0 unspecified atom stereocenters. The molecule has 0 saturated carbocycles. The molecule has 0 atom stereocenters. The Hall–Kier alpha value is -2.22. The van der Waals surface area contributed by atoms with Gasteiger partial charge in [0.25, 0.3) is 0 Å². The van der Waals surface area contributed by atoms with Gasteiger partial charge < -0.3 is 0 Å². The first-order valence-electron chi connectivity index (χ1n) is 5.95. The molecule has 2 nitrogen and oxygen atoms in total. The van der Waals surface area contributed by atoms with Gasteiger partial charge in [0.2, 0.25) is 0 Å². The van der Waals surface area contributed by atoms with Crippen molar-refractivity contribution in [1.82, 2.24) is 9.97 Å². The molecule has 2 aromatic rings. The van der Waals surface area contributed by atoms with Gasteiger partial charge in [-0.05, 0) is 36.1 Å². The van der Waals surface area contributed by atoms with Crippen LogP contribution < -0.4 is 0 Å². The Morgan fingerprint density at radius 1 is 0.778 bits per heavy atom. The highest BCUT2D eigenvalue weighted by Crippen LogP contribution is 2.15. The maximum absolute atomic E-state index is 4.41. The normalized spacial score (nSPS) is 10.0. The third-order valence-electron chi connectivity index (χ3n) is 2.67. The van der Waals surface area contributed by atoms with Crippen LogP contribution in [-0.4, -0.2) is 9.97 Å². The number of allylic oxidation sites excluding steroid dienone is 2. The van der Waals surface area contributed by atoms with Crippen molar-refractivity contribution in [2.24, 2.45) is 0 Å². The Kier molecular flexibility index (Phi) is 4.02. The fourth-order valence-electron chi connectivity index (χ4n) is 1.73. The molecular weight excluding hydrogens is 220 g/mol. The summed E-state index contributed by atoms with van der Waals surface area (Å²) in [6.45, 7) is 7.43. The molecule has 0 aliphatic heterocycles. The van der Waals surface area contributed by atoms with Crippen LogP contribution in [0.1, 0.15) is 11.1 Å². The molecule has 0 bridgehead atoms. The SMILES string of the molecule is C=CCc1ccc(-c2ccc(CC=C)cn2)nc1. The lowest BCUT2D eigenvalue weighted by Crippen LogP contribution is -1.91. The molecule has 2 aromatic heterocycles. The van der Waals surface area contributed by atoms with Gasteiger partial charge in [0.1, 0.15) is 0 Å². The van der Waals surface area contributed by atoms with Crippen molar-refractivity contribution in [3.63, 3.8) is 0 Å². The van der Waals surface area contributed by atoms with Gasteiger partial charge in [-0.3, -0.25) is 9.97 Å². The summed E-state index contributed by atoms with van der Waals surface area (Å²) in [4.78, 5) is 8.83. The Morgan fingerprint density at radius 3 is 1.50 bits per heavy atom. The molecule has 18 heavy (non-hydrogen) atoms. The summed E-state index contributed by atoms with van der Waals surface area (Å²) < 4.78 is 0. The Bertz CT molecular complexity index is 473. The lowest BCUT2D eigenvalue weighted by atomic mass is 10.1. The van der Waals surface area contributed by atoms with E-state index in [2.05, 4.69) is 35.3 Å². The average molecular weight is 236 g/mol. The van der Waals surface area contributed by atoms with E-state index < -0.39 is 0 Å². The summed E-state index contributed by atoms with van der Waals surface area (Å²) >= 11 is 0. The zero-order valence-corrected chi connectivity index (χ0v) is 10.3. The first-order chi connectivity index (χ1) is 8.83. The lowest BCUT2D eigenvalue weighted by Gasteiger charge is -2.02. The summed E-state index contributed by atoms with van der Waals surface area (Å²) in [5, 5.41) is 0. The van der Waals surface area contributed by atoms with Gasteiger partial charge in [0.05, 0.1) is 11.4 Å². The molecule has 2 heterocycles. The quantitative estimate of drug-likeness (QED) is 0.741. The van der Waals surface area contributed by atoms with E-state index in [1.807, 2.05) is 36.7 Å². The smallest absolute Gasteiger partial charge is 0.0886 e. The fourth-order valence-corrected chi connectivity index (χ4v) is 1.73. The van der Waals surface area contributed by atoms with Gasteiger partial charge in [-0.25, -0.2) is 0 Å². The number of hydrogen-bond acceptors (Lipinski definition) is 2. The molecule has 0 fully saturated rings. The van der Waals surface area contributed by atoms with Gasteiger partial charge in [-0.15, -0.1) is 13.2 Å². The third kappa shape index (κ3) is 2.92. The highest BCUT2D eigenvalue weighted by molar-refractivity contribution is 5.54. The van der Waals surface area contributed by atoms with E-state index >= 15 is 0 Å². The maximum Gasteiger partial charge on any atom is 0.0886 e. The second-order valence-corrected chi connectivity index (χ2v) is 4.09. The minimum atomic E-state index is 0.846. The highest BCUT2D eigenvalue weighted by Gasteiger charge is 2.01. The van der Waals surface area contributed by atoms with E-state index in [0.29, 0.717) is 0 Å². The molecule has 0 amide bonds. The lowest BCUT2D eigenvalue weighted by molar-refractivity contribution is 1.15. The summed E-state index contributed by atoms with van der Waals surface area (Å²) in [6.07, 6.45) is 9.18. The molecule has 0 aliphatic carbocycles. The van der Waals surface area contributed by atoms with E-state index in [9.17, 15) is 0 Å². The Balaban J connectivity index is 2.19. The first-order valence-corrected chi connectivity index (χ1v) is 5.95. The topological polar surface area (TPSA) is 25.8 Å². The zero-order valence-electron chi connectivity index (χ0n) is 10.3. The van der Waals surface area contributed by atoms with Gasteiger partial charge in [-0.2, -0.15) is 0 Å². The Labute approximate surface area is 108 Å². The molecule has 0 aromatic carbocycles. The fraction of sp³-hybridized carbons (Fsp3) is 0.125. The van der Waals surface area contributed by atoms with Crippen molar-refractivity contribution in [2.75, 3.05) is 0 Å². The second-order valence-electron chi connectivity index (χ2n) is 4.09. The third-order valence-corrected chi connectivity index (χ3v) is 2.67. The van der Waals surface area contributed by atoms with Crippen LogP contribution >= 0.6 is 0 Å². The molecule has 2 heteroatoms. The zero-order chi connectivity index (χ0) is 12.8. The van der Waals surface area contributed by atoms with Gasteiger partial charge in [0, 0.05) is 12.4 Å². The summed E-state index contributed by atoms with van der Waals surface area (Å²) in [5.74, 6) is 0. The number of aromatic nitrogens is 2. The van der Waals surface area contributed by atoms with E-state index in [1.165, 1.54) is 0 Å². The standard InChI is InChI=1S/C16H16N2/c1-3-5-13-7-9-15(17-11-13)16-10-8-14(6-4-2)12-18-16/h3-4,7-12H,1-2,5-6H2. The number of nitrogens with zero attached hydrogens (tertiary/aromatic N) is 2. The van der Waals surface area contributed by atoms with Crippen molar-refractivity contribution in [2.45, 2.75) is 12.8 Å². The minimum Gasteiger partial charge on any atom is -0.254 e. The van der Waals surface area contributed by atoms with Crippen LogP contribution in [0.3, 0.4) is 0 Å². The minimum absolute atomic E-state index is 0.846. The number of hydrogen-bond donors (Lipinski definition) is 0. The average Bonchev–Trinajstić information content (AvgIpc) is 2.41. The molecule has 2 rings (SSSR count). The molecule has 0 spiro atoms. The molecular formula is C16H16N2. The van der Waals surface area contributed by atoms with Crippen LogP contribution in [0.15, 0.2) is 62.0 Å². The summed E-state index contributed by atoms with van der Waals surface area (Å²) in [7, 11) is 0. The van der Waals surface area contributed by atoms with E-state index in [0.717, 1.165) is 35.4 Å². The van der Waals surface area contributed by atoms with Crippen molar-refractivity contribution in [3.8, 4) is 11.4 Å². The highest BCUT2D eigenvalue weighted by atomic mass is 14.8. The van der Waals surface area contributed by atoms with E-state index in [1.54, 1.807) is 0 Å². The maximum atomic E-state index is 4.41. The van der Waals surface area contributed by atoms with Crippen LogP contribution in [-0.2, 0) is 12.8 Å². The number of pyridine rings is 2. The van der Waals surface area contributed by atoms with Crippen LogP contribution in [0.2, 0.25) is 0 Å². The van der Waals surface area contributed by atoms with Gasteiger partial charge in [-0.1, -0.05) is 24.3 Å². The largest absolute Gasteiger partial charge is 0.254 e. The van der Waals surface area contributed by atoms with Gasteiger partial charge >= 0.3 is 0 Å². The van der Waals surface area contributed by atoms with Crippen LogP contribution in [0.5, 0.6) is 0 Å². The number of rotatable bonds is 5. The van der Waals surface area contributed by atoms with E-state index in [-0.39, 0.29) is 0 Å². The molecule has 0 saturated heterocycles. The van der Waals surface area contributed by atoms with Crippen molar-refractivity contribution < 1.29 is 0 Å². The molecule has 90 valence electrons. The summed E-state index contributed by atoms with van der Waals surface area (Å²) in [5.41, 5.74) is 4.12. The monoisotopic (exact) mass is 236 g/mol. The van der Waals surface area contributed by atoms with Crippen LogP contribution in [0.4, 0.5) is 0 Å². The van der Waals surface area contributed by atoms with Crippen LogP contribution in [0.25, 0.3) is 11.4 Å². The van der Waals surface area contributed by atoms with E-state index in [4.69, 9.17) is 0 Å². The molecule has 0 aliphatic rings.